The third kappa shape index (κ3) is 6.09. The van der Waals surface area contributed by atoms with E-state index >= 15 is 0 Å². The van der Waals surface area contributed by atoms with Crippen LogP contribution in [0, 0.1) is 6.92 Å². The molecule has 0 bridgehead atoms. The van der Waals surface area contributed by atoms with Gasteiger partial charge in [0.05, 0.1) is 11.9 Å². The Bertz CT molecular complexity index is 882. The highest BCUT2D eigenvalue weighted by Crippen LogP contribution is 2.23. The van der Waals surface area contributed by atoms with Crippen LogP contribution in [0.5, 0.6) is 0 Å². The molecule has 0 spiro atoms. The minimum Gasteiger partial charge on any atom is -0.352 e. The molecule has 2 aromatic rings. The van der Waals surface area contributed by atoms with E-state index in [-0.39, 0.29) is 11.9 Å². The lowest BCUT2D eigenvalue weighted by Gasteiger charge is -2.31. The lowest BCUT2D eigenvalue weighted by molar-refractivity contribution is -0.122. The molecular formula is C22H30N2O3S. The number of carbonyl (C=O) groups excluding carboxylic acids is 1. The van der Waals surface area contributed by atoms with Crippen LogP contribution in [0.2, 0.25) is 0 Å². The largest absolute Gasteiger partial charge is 0.352 e. The first-order valence-corrected chi connectivity index (χ1v) is 11.5. The number of hydrogen-bond donors (Lipinski definition) is 1. The average Bonchev–Trinajstić information content (AvgIpc) is 2.64. The molecule has 0 saturated heterocycles. The van der Waals surface area contributed by atoms with Crippen molar-refractivity contribution in [1.29, 1.82) is 0 Å². The van der Waals surface area contributed by atoms with Crippen molar-refractivity contribution in [1.82, 2.24) is 5.32 Å². The smallest absolute Gasteiger partial charge is 0.244 e. The van der Waals surface area contributed by atoms with Gasteiger partial charge in [0.25, 0.3) is 0 Å². The summed E-state index contributed by atoms with van der Waals surface area (Å²) >= 11 is 0. The summed E-state index contributed by atoms with van der Waals surface area (Å²) in [5.41, 5.74) is 2.67. The number of hydrogen-bond acceptors (Lipinski definition) is 3. The molecular weight excluding hydrogens is 372 g/mol. The van der Waals surface area contributed by atoms with Gasteiger partial charge >= 0.3 is 0 Å². The average molecular weight is 403 g/mol. The van der Waals surface area contributed by atoms with Crippen LogP contribution in [0.1, 0.15) is 37.8 Å². The second kappa shape index (κ2) is 9.73. The zero-order valence-corrected chi connectivity index (χ0v) is 17.9. The normalized spacial score (nSPS) is 13.6. The van der Waals surface area contributed by atoms with Crippen LogP contribution in [0.3, 0.4) is 0 Å². The SMILES string of the molecule is CCC(C(=O)NC(C)CCc1ccccc1)N(c1cccc(C)c1)S(C)(=O)=O. The van der Waals surface area contributed by atoms with Crippen molar-refractivity contribution in [2.24, 2.45) is 0 Å². The molecule has 1 N–H and O–H groups in total. The van der Waals surface area contributed by atoms with E-state index in [0.717, 1.165) is 24.7 Å². The zero-order valence-electron chi connectivity index (χ0n) is 17.1. The van der Waals surface area contributed by atoms with Gasteiger partial charge in [-0.25, -0.2) is 8.42 Å². The summed E-state index contributed by atoms with van der Waals surface area (Å²) in [5, 5.41) is 2.99. The van der Waals surface area contributed by atoms with Crippen LogP contribution in [-0.4, -0.2) is 32.7 Å². The van der Waals surface area contributed by atoms with E-state index in [1.54, 1.807) is 18.2 Å². The lowest BCUT2D eigenvalue weighted by Crippen LogP contribution is -2.51. The molecule has 2 rings (SSSR count). The van der Waals surface area contributed by atoms with Crippen LogP contribution < -0.4 is 9.62 Å². The highest BCUT2D eigenvalue weighted by atomic mass is 32.2. The number of nitrogens with one attached hydrogen (secondary N) is 1. The summed E-state index contributed by atoms with van der Waals surface area (Å²) in [6, 6.07) is 16.5. The Kier molecular flexibility index (Phi) is 7.63. The van der Waals surface area contributed by atoms with Crippen LogP contribution >= 0.6 is 0 Å². The first-order valence-electron chi connectivity index (χ1n) is 9.62. The van der Waals surface area contributed by atoms with Gasteiger partial charge in [0.1, 0.15) is 6.04 Å². The van der Waals surface area contributed by atoms with Gasteiger partial charge in [-0.2, -0.15) is 0 Å². The van der Waals surface area contributed by atoms with Gasteiger partial charge in [0.2, 0.25) is 15.9 Å². The molecule has 28 heavy (non-hydrogen) atoms. The Morgan fingerprint density at radius 1 is 1.11 bits per heavy atom. The van der Waals surface area contributed by atoms with Crippen LogP contribution in [-0.2, 0) is 21.2 Å². The molecule has 0 aromatic heterocycles. The van der Waals surface area contributed by atoms with Crippen molar-refractivity contribution in [2.45, 2.75) is 52.1 Å². The summed E-state index contributed by atoms with van der Waals surface area (Å²) in [7, 11) is -3.61. The molecule has 0 heterocycles. The second-order valence-corrected chi connectivity index (χ2v) is 9.12. The molecule has 5 nitrogen and oxygen atoms in total. The number of anilines is 1. The number of benzene rings is 2. The first kappa shape index (κ1) is 22.0. The third-order valence-electron chi connectivity index (χ3n) is 4.68. The minimum atomic E-state index is -3.61. The van der Waals surface area contributed by atoms with Crippen molar-refractivity contribution in [3.63, 3.8) is 0 Å². The van der Waals surface area contributed by atoms with Gasteiger partial charge in [-0.1, -0.05) is 49.4 Å². The van der Waals surface area contributed by atoms with E-state index < -0.39 is 16.1 Å². The summed E-state index contributed by atoms with van der Waals surface area (Å²) in [5.74, 6) is -0.269. The molecule has 0 aliphatic heterocycles. The Balaban J connectivity index is 2.12. The number of aryl methyl sites for hydroxylation is 2. The number of sulfonamides is 1. The van der Waals surface area contributed by atoms with Crippen molar-refractivity contribution in [3.8, 4) is 0 Å². The maximum Gasteiger partial charge on any atom is 0.244 e. The maximum atomic E-state index is 12.9. The molecule has 0 aliphatic rings. The molecule has 0 aliphatic carbocycles. The van der Waals surface area contributed by atoms with Crippen molar-refractivity contribution in [3.05, 3.63) is 65.7 Å². The third-order valence-corrected chi connectivity index (χ3v) is 5.86. The fourth-order valence-corrected chi connectivity index (χ4v) is 4.47. The van der Waals surface area contributed by atoms with E-state index in [2.05, 4.69) is 17.4 Å². The molecule has 2 aromatic carbocycles. The van der Waals surface area contributed by atoms with E-state index in [9.17, 15) is 13.2 Å². The molecule has 6 heteroatoms. The predicted molar refractivity (Wildman–Crippen MR) is 115 cm³/mol. The number of rotatable bonds is 9. The van der Waals surface area contributed by atoms with Gasteiger partial charge in [-0.15, -0.1) is 0 Å². The minimum absolute atomic E-state index is 0.0549. The van der Waals surface area contributed by atoms with E-state index in [1.807, 2.05) is 45.0 Å². The van der Waals surface area contributed by atoms with Crippen molar-refractivity contribution >= 4 is 21.6 Å². The molecule has 2 unspecified atom stereocenters. The molecule has 152 valence electrons. The molecule has 1 amide bonds. The second-order valence-electron chi connectivity index (χ2n) is 7.26. The van der Waals surface area contributed by atoms with Crippen LogP contribution in [0.15, 0.2) is 54.6 Å². The summed E-state index contributed by atoms with van der Waals surface area (Å²) < 4.78 is 26.2. The molecule has 2 atom stereocenters. The number of carbonyl (C=O) groups is 1. The molecule has 0 saturated carbocycles. The monoisotopic (exact) mass is 402 g/mol. The fraction of sp³-hybridized carbons (Fsp3) is 0.409. The predicted octanol–water partition coefficient (Wildman–Crippen LogP) is 3.68. The Morgan fingerprint density at radius 3 is 2.36 bits per heavy atom. The lowest BCUT2D eigenvalue weighted by atomic mass is 10.1. The Labute approximate surface area is 168 Å². The van der Waals surface area contributed by atoms with Gasteiger partial charge in [-0.3, -0.25) is 9.10 Å². The fourth-order valence-electron chi connectivity index (χ4n) is 3.26. The highest BCUT2D eigenvalue weighted by molar-refractivity contribution is 7.92. The standard InChI is InChI=1S/C22H30N2O3S/c1-5-21(24(28(4,26)27)20-13-9-10-17(2)16-20)22(25)23-18(3)14-15-19-11-7-6-8-12-19/h6-13,16,18,21H,5,14-15H2,1-4H3,(H,23,25). The molecule has 0 fully saturated rings. The van der Waals surface area contributed by atoms with E-state index in [4.69, 9.17) is 0 Å². The molecule has 0 radical (unpaired) electrons. The van der Waals surface area contributed by atoms with E-state index in [0.29, 0.717) is 12.1 Å². The first-order chi connectivity index (χ1) is 13.2. The van der Waals surface area contributed by atoms with Crippen molar-refractivity contribution < 1.29 is 13.2 Å². The Morgan fingerprint density at radius 2 is 1.79 bits per heavy atom. The highest BCUT2D eigenvalue weighted by Gasteiger charge is 2.32. The van der Waals surface area contributed by atoms with Crippen molar-refractivity contribution in [2.75, 3.05) is 10.6 Å². The van der Waals surface area contributed by atoms with Gasteiger partial charge in [0.15, 0.2) is 0 Å². The number of nitrogens with zero attached hydrogens (tertiary/aromatic N) is 1. The van der Waals surface area contributed by atoms with E-state index in [1.165, 1.54) is 9.87 Å². The van der Waals surface area contributed by atoms with Crippen LogP contribution in [0.25, 0.3) is 0 Å². The Hall–Kier alpha value is -2.34. The van der Waals surface area contributed by atoms with Gasteiger partial charge in [-0.05, 0) is 56.4 Å². The zero-order chi connectivity index (χ0) is 20.7. The maximum absolute atomic E-state index is 12.9. The quantitative estimate of drug-likeness (QED) is 0.696. The van der Waals surface area contributed by atoms with Gasteiger partial charge < -0.3 is 5.32 Å². The van der Waals surface area contributed by atoms with Crippen LogP contribution in [0.4, 0.5) is 5.69 Å². The number of amides is 1. The summed E-state index contributed by atoms with van der Waals surface area (Å²) in [6.07, 6.45) is 3.17. The summed E-state index contributed by atoms with van der Waals surface area (Å²) in [6.45, 7) is 5.68. The van der Waals surface area contributed by atoms with Gasteiger partial charge in [0, 0.05) is 6.04 Å². The topological polar surface area (TPSA) is 66.5 Å². The summed E-state index contributed by atoms with van der Waals surface area (Å²) in [4.78, 5) is 12.9.